The number of nitrogens with zero attached hydrogens (tertiary/aromatic N) is 3. The lowest BCUT2D eigenvalue weighted by atomic mass is 10.2. The highest BCUT2D eigenvalue weighted by atomic mass is 19.1. The van der Waals surface area contributed by atoms with E-state index in [1.807, 2.05) is 36.4 Å². The second-order valence-electron chi connectivity index (χ2n) is 4.73. The standard InChI is InChI=1S/C16H15FN4/c1-12-15(17)8-5-9-16(12)18-10-13-11-19-21(20-13)14-6-3-2-4-7-14/h2-9,11,18H,10H2,1H3. The van der Waals surface area contributed by atoms with Gasteiger partial charge in [0.1, 0.15) is 11.5 Å². The Kier molecular flexibility index (Phi) is 3.64. The molecule has 5 heteroatoms. The Morgan fingerprint density at radius 3 is 2.71 bits per heavy atom. The molecule has 0 bridgehead atoms. The maximum Gasteiger partial charge on any atom is 0.128 e. The molecule has 21 heavy (non-hydrogen) atoms. The van der Waals surface area contributed by atoms with Gasteiger partial charge in [-0.25, -0.2) is 4.39 Å². The van der Waals surface area contributed by atoms with Gasteiger partial charge in [0.15, 0.2) is 0 Å². The van der Waals surface area contributed by atoms with Gasteiger partial charge in [-0.05, 0) is 31.2 Å². The van der Waals surface area contributed by atoms with E-state index in [4.69, 9.17) is 0 Å². The monoisotopic (exact) mass is 282 g/mol. The highest BCUT2D eigenvalue weighted by Crippen LogP contribution is 2.18. The fourth-order valence-corrected chi connectivity index (χ4v) is 2.05. The minimum absolute atomic E-state index is 0.215. The number of anilines is 1. The normalized spacial score (nSPS) is 10.6. The fraction of sp³-hybridized carbons (Fsp3) is 0.125. The average molecular weight is 282 g/mol. The second kappa shape index (κ2) is 5.75. The van der Waals surface area contributed by atoms with Crippen LogP contribution in [0.5, 0.6) is 0 Å². The molecule has 0 aliphatic rings. The third-order valence-corrected chi connectivity index (χ3v) is 3.25. The largest absolute Gasteiger partial charge is 0.379 e. The van der Waals surface area contributed by atoms with E-state index in [1.54, 1.807) is 24.0 Å². The molecule has 1 aromatic heterocycles. The molecule has 0 saturated carbocycles. The molecule has 106 valence electrons. The van der Waals surface area contributed by atoms with Crippen molar-refractivity contribution >= 4 is 5.69 Å². The Bertz CT molecular complexity index is 737. The van der Waals surface area contributed by atoms with Crippen LogP contribution in [0.3, 0.4) is 0 Å². The predicted octanol–water partition coefficient (Wildman–Crippen LogP) is 3.33. The van der Waals surface area contributed by atoms with Gasteiger partial charge in [0.05, 0.1) is 18.4 Å². The van der Waals surface area contributed by atoms with Crippen molar-refractivity contribution in [2.45, 2.75) is 13.5 Å². The molecule has 1 N–H and O–H groups in total. The molecule has 0 fully saturated rings. The summed E-state index contributed by atoms with van der Waals surface area (Å²) >= 11 is 0. The van der Waals surface area contributed by atoms with E-state index < -0.39 is 0 Å². The van der Waals surface area contributed by atoms with Crippen LogP contribution in [-0.4, -0.2) is 15.0 Å². The highest BCUT2D eigenvalue weighted by molar-refractivity contribution is 5.51. The second-order valence-corrected chi connectivity index (χ2v) is 4.73. The van der Waals surface area contributed by atoms with Crippen molar-refractivity contribution in [2.24, 2.45) is 0 Å². The number of hydrogen-bond donors (Lipinski definition) is 1. The molecule has 0 radical (unpaired) electrons. The van der Waals surface area contributed by atoms with Crippen LogP contribution in [0, 0.1) is 12.7 Å². The third-order valence-electron chi connectivity index (χ3n) is 3.25. The molecule has 0 unspecified atom stereocenters. The van der Waals surface area contributed by atoms with Crippen LogP contribution in [0.25, 0.3) is 5.69 Å². The van der Waals surface area contributed by atoms with Gasteiger partial charge < -0.3 is 5.32 Å². The van der Waals surface area contributed by atoms with Crippen LogP contribution in [0.2, 0.25) is 0 Å². The molecule has 0 atom stereocenters. The first kappa shape index (κ1) is 13.3. The van der Waals surface area contributed by atoms with Gasteiger partial charge in [-0.2, -0.15) is 15.0 Å². The van der Waals surface area contributed by atoms with E-state index in [2.05, 4.69) is 15.5 Å². The number of para-hydroxylation sites is 1. The van der Waals surface area contributed by atoms with E-state index >= 15 is 0 Å². The number of halogens is 1. The maximum absolute atomic E-state index is 13.5. The van der Waals surface area contributed by atoms with Gasteiger partial charge in [0.25, 0.3) is 0 Å². The van der Waals surface area contributed by atoms with E-state index in [-0.39, 0.29) is 5.82 Å². The molecule has 4 nitrogen and oxygen atoms in total. The van der Waals surface area contributed by atoms with Crippen molar-refractivity contribution in [3.05, 3.63) is 71.8 Å². The number of hydrogen-bond acceptors (Lipinski definition) is 3. The van der Waals surface area contributed by atoms with Crippen molar-refractivity contribution in [3.63, 3.8) is 0 Å². The average Bonchev–Trinajstić information content (AvgIpc) is 2.99. The van der Waals surface area contributed by atoms with Crippen LogP contribution in [0.1, 0.15) is 11.3 Å². The van der Waals surface area contributed by atoms with Gasteiger partial charge >= 0.3 is 0 Å². The van der Waals surface area contributed by atoms with Crippen molar-refractivity contribution in [3.8, 4) is 5.69 Å². The summed E-state index contributed by atoms with van der Waals surface area (Å²) in [5.41, 5.74) is 3.07. The summed E-state index contributed by atoms with van der Waals surface area (Å²) in [5.74, 6) is -0.215. The summed E-state index contributed by atoms with van der Waals surface area (Å²) in [5, 5.41) is 11.8. The molecular weight excluding hydrogens is 267 g/mol. The summed E-state index contributed by atoms with van der Waals surface area (Å²) in [6.45, 7) is 2.25. The van der Waals surface area contributed by atoms with Crippen LogP contribution in [0.4, 0.5) is 10.1 Å². The lowest BCUT2D eigenvalue weighted by molar-refractivity contribution is 0.619. The van der Waals surface area contributed by atoms with Gasteiger partial charge in [-0.15, -0.1) is 0 Å². The Morgan fingerprint density at radius 2 is 1.90 bits per heavy atom. The molecule has 2 aromatic carbocycles. The first-order valence-corrected chi connectivity index (χ1v) is 6.69. The summed E-state index contributed by atoms with van der Waals surface area (Å²) in [4.78, 5) is 1.58. The van der Waals surface area contributed by atoms with E-state index in [0.29, 0.717) is 12.1 Å². The zero-order valence-electron chi connectivity index (χ0n) is 11.6. The Morgan fingerprint density at radius 1 is 1.10 bits per heavy atom. The molecular formula is C16H15FN4. The first-order chi connectivity index (χ1) is 10.2. The van der Waals surface area contributed by atoms with Crippen LogP contribution >= 0.6 is 0 Å². The Labute approximate surface area is 122 Å². The number of nitrogens with one attached hydrogen (secondary N) is 1. The summed E-state index contributed by atoms with van der Waals surface area (Å²) in [6, 6.07) is 14.7. The van der Waals surface area contributed by atoms with E-state index in [9.17, 15) is 4.39 Å². The molecule has 1 heterocycles. The van der Waals surface area contributed by atoms with Crippen LogP contribution in [-0.2, 0) is 6.54 Å². The summed E-state index contributed by atoms with van der Waals surface area (Å²) in [6.07, 6.45) is 1.70. The van der Waals surface area contributed by atoms with Crippen LogP contribution < -0.4 is 5.32 Å². The minimum atomic E-state index is -0.215. The topological polar surface area (TPSA) is 42.7 Å². The lowest BCUT2D eigenvalue weighted by Gasteiger charge is -2.08. The molecule has 0 amide bonds. The third kappa shape index (κ3) is 2.91. The molecule has 0 aliphatic heterocycles. The Hall–Kier alpha value is -2.69. The zero-order chi connectivity index (χ0) is 14.7. The van der Waals surface area contributed by atoms with Gasteiger partial charge in [-0.1, -0.05) is 24.3 Å². The van der Waals surface area contributed by atoms with Gasteiger partial charge in [0, 0.05) is 11.3 Å². The lowest BCUT2D eigenvalue weighted by Crippen LogP contribution is -2.04. The SMILES string of the molecule is Cc1c(F)cccc1NCc1cnn(-c2ccccc2)n1. The first-order valence-electron chi connectivity index (χ1n) is 6.69. The van der Waals surface area contributed by atoms with Crippen LogP contribution in [0.15, 0.2) is 54.7 Å². The highest BCUT2D eigenvalue weighted by Gasteiger charge is 2.05. The summed E-state index contributed by atoms with van der Waals surface area (Å²) in [7, 11) is 0. The molecule has 3 rings (SSSR count). The molecule has 0 saturated heterocycles. The number of aromatic nitrogens is 3. The molecule has 0 spiro atoms. The quantitative estimate of drug-likeness (QED) is 0.798. The number of rotatable bonds is 4. The van der Waals surface area contributed by atoms with Crippen molar-refractivity contribution in [1.29, 1.82) is 0 Å². The Balaban J connectivity index is 1.72. The van der Waals surface area contributed by atoms with Crippen molar-refractivity contribution in [1.82, 2.24) is 15.0 Å². The maximum atomic E-state index is 13.5. The van der Waals surface area contributed by atoms with E-state index in [1.165, 1.54) is 6.07 Å². The van der Waals surface area contributed by atoms with Gasteiger partial charge in [0.2, 0.25) is 0 Å². The minimum Gasteiger partial charge on any atom is -0.379 e. The summed E-state index contributed by atoms with van der Waals surface area (Å²) < 4.78 is 13.5. The molecule has 0 aliphatic carbocycles. The van der Waals surface area contributed by atoms with Crippen molar-refractivity contribution in [2.75, 3.05) is 5.32 Å². The fourth-order valence-electron chi connectivity index (χ4n) is 2.05. The van der Waals surface area contributed by atoms with Gasteiger partial charge in [-0.3, -0.25) is 0 Å². The van der Waals surface area contributed by atoms with E-state index in [0.717, 1.165) is 17.1 Å². The smallest absolute Gasteiger partial charge is 0.128 e. The van der Waals surface area contributed by atoms with Crippen molar-refractivity contribution < 1.29 is 4.39 Å². The predicted molar refractivity (Wildman–Crippen MR) is 79.8 cm³/mol. The zero-order valence-corrected chi connectivity index (χ0v) is 11.6. The number of benzene rings is 2. The molecule has 3 aromatic rings.